The van der Waals surface area contributed by atoms with E-state index in [1.54, 1.807) is 35.4 Å². The van der Waals surface area contributed by atoms with Gasteiger partial charge in [0.05, 0.1) is 18.4 Å². The molecule has 8 nitrogen and oxygen atoms in total. The van der Waals surface area contributed by atoms with Crippen LogP contribution in [-0.2, 0) is 28.7 Å². The van der Waals surface area contributed by atoms with Gasteiger partial charge in [-0.2, -0.15) is 0 Å². The Morgan fingerprint density at radius 3 is 2.53 bits per heavy atom. The fourth-order valence-electron chi connectivity index (χ4n) is 4.07. The van der Waals surface area contributed by atoms with Crippen LogP contribution in [0.15, 0.2) is 29.2 Å². The maximum absolute atomic E-state index is 12.7. The highest BCUT2D eigenvalue weighted by Crippen LogP contribution is 2.29. The number of benzene rings is 1. The second-order valence-electron chi connectivity index (χ2n) is 8.04. The van der Waals surface area contributed by atoms with Gasteiger partial charge in [0.1, 0.15) is 0 Å². The van der Waals surface area contributed by atoms with Crippen LogP contribution in [0.3, 0.4) is 0 Å². The number of piperidine rings is 1. The van der Waals surface area contributed by atoms with Crippen LogP contribution >= 0.6 is 11.8 Å². The molecule has 32 heavy (non-hydrogen) atoms. The number of hydrogen-bond acceptors (Lipinski definition) is 7. The third kappa shape index (κ3) is 5.62. The number of amides is 2. The summed E-state index contributed by atoms with van der Waals surface area (Å²) in [6.45, 7) is 4.74. The Bertz CT molecular complexity index is 868. The maximum atomic E-state index is 12.7. The van der Waals surface area contributed by atoms with Crippen molar-refractivity contribution in [3.63, 3.8) is 0 Å². The summed E-state index contributed by atoms with van der Waals surface area (Å²) in [4.78, 5) is 54.0. The van der Waals surface area contributed by atoms with Crippen LogP contribution in [0.2, 0.25) is 0 Å². The summed E-state index contributed by atoms with van der Waals surface area (Å²) in [5.74, 6) is -1.98. The lowest BCUT2D eigenvalue weighted by atomic mass is 9.96. The van der Waals surface area contributed by atoms with Crippen LogP contribution in [0.25, 0.3) is 0 Å². The maximum Gasteiger partial charge on any atom is 0.312 e. The first kappa shape index (κ1) is 24.1. The molecule has 1 aromatic carbocycles. The van der Waals surface area contributed by atoms with Crippen LogP contribution in [0.1, 0.15) is 33.1 Å². The molecule has 2 atom stereocenters. The summed E-state index contributed by atoms with van der Waals surface area (Å²) in [5, 5.41) is 0. The number of carbonyl (C=O) groups excluding carboxylic acids is 4. The van der Waals surface area contributed by atoms with Gasteiger partial charge in [-0.1, -0.05) is 6.07 Å². The lowest BCUT2D eigenvalue weighted by Crippen LogP contribution is -2.46. The summed E-state index contributed by atoms with van der Waals surface area (Å²) in [7, 11) is 0. The zero-order valence-corrected chi connectivity index (χ0v) is 19.6. The molecule has 2 aliphatic rings. The number of likely N-dealkylation sites (tertiary alicyclic amines) is 1. The number of rotatable bonds is 7. The summed E-state index contributed by atoms with van der Waals surface area (Å²) in [6.07, 6.45) is 2.15. The molecule has 2 amide bonds. The number of ether oxygens (including phenoxy) is 2. The van der Waals surface area contributed by atoms with Crippen LogP contribution in [0.4, 0.5) is 5.69 Å². The number of anilines is 1. The topological polar surface area (TPSA) is 93.2 Å². The number of thioether (sulfide) groups is 1. The van der Waals surface area contributed by atoms with Crippen molar-refractivity contribution in [3.05, 3.63) is 24.3 Å². The van der Waals surface area contributed by atoms with Gasteiger partial charge in [0.25, 0.3) is 5.91 Å². The molecule has 1 aromatic rings. The van der Waals surface area contributed by atoms with E-state index in [0.29, 0.717) is 32.5 Å². The minimum absolute atomic E-state index is 0.0637. The van der Waals surface area contributed by atoms with E-state index in [2.05, 4.69) is 0 Å². The van der Waals surface area contributed by atoms with E-state index in [4.69, 9.17) is 9.47 Å². The SMILES string of the molecule is CCOC(=O)C1CCN(C(=O)[C@@H](C)OC(=O)[C@@H]2CC(=O)N(c3cccc(SC)c3)C2)CC1. The first-order valence-electron chi connectivity index (χ1n) is 10.9. The first-order valence-corrected chi connectivity index (χ1v) is 12.2. The Morgan fingerprint density at radius 2 is 1.88 bits per heavy atom. The lowest BCUT2D eigenvalue weighted by molar-refractivity contribution is -0.163. The average Bonchev–Trinajstić information content (AvgIpc) is 3.20. The van der Waals surface area contributed by atoms with Crippen molar-refractivity contribution >= 4 is 41.2 Å². The minimum Gasteiger partial charge on any atom is -0.466 e. The van der Waals surface area contributed by atoms with Gasteiger partial charge in [0.15, 0.2) is 6.10 Å². The van der Waals surface area contributed by atoms with Gasteiger partial charge in [0, 0.05) is 36.6 Å². The van der Waals surface area contributed by atoms with E-state index in [1.165, 1.54) is 0 Å². The molecule has 0 N–H and O–H groups in total. The monoisotopic (exact) mass is 462 g/mol. The van der Waals surface area contributed by atoms with Gasteiger partial charge < -0.3 is 19.3 Å². The largest absolute Gasteiger partial charge is 0.466 e. The lowest BCUT2D eigenvalue weighted by Gasteiger charge is -2.32. The van der Waals surface area contributed by atoms with E-state index in [9.17, 15) is 19.2 Å². The molecule has 0 spiro atoms. The highest BCUT2D eigenvalue weighted by atomic mass is 32.2. The fourth-order valence-corrected chi connectivity index (χ4v) is 4.52. The van der Waals surface area contributed by atoms with Gasteiger partial charge in [-0.25, -0.2) is 0 Å². The predicted molar refractivity (Wildman–Crippen MR) is 120 cm³/mol. The van der Waals surface area contributed by atoms with Crippen molar-refractivity contribution in [2.24, 2.45) is 11.8 Å². The Balaban J connectivity index is 1.51. The van der Waals surface area contributed by atoms with Crippen LogP contribution in [0.5, 0.6) is 0 Å². The molecule has 0 aliphatic carbocycles. The first-order chi connectivity index (χ1) is 15.3. The molecular formula is C23H30N2O6S. The molecule has 2 saturated heterocycles. The third-order valence-corrected chi connectivity index (χ3v) is 6.62. The molecule has 174 valence electrons. The Morgan fingerprint density at radius 1 is 1.16 bits per heavy atom. The molecule has 0 radical (unpaired) electrons. The van der Waals surface area contributed by atoms with Crippen LogP contribution in [-0.4, -0.2) is 67.3 Å². The quantitative estimate of drug-likeness (QED) is 0.454. The fraction of sp³-hybridized carbons (Fsp3) is 0.565. The third-order valence-electron chi connectivity index (χ3n) is 5.89. The van der Waals surface area contributed by atoms with Gasteiger partial charge in [-0.15, -0.1) is 11.8 Å². The van der Waals surface area contributed by atoms with Crippen molar-refractivity contribution in [1.82, 2.24) is 4.90 Å². The molecule has 0 aromatic heterocycles. The number of nitrogens with zero attached hydrogens (tertiary/aromatic N) is 2. The van der Waals surface area contributed by atoms with E-state index in [0.717, 1.165) is 10.6 Å². The van der Waals surface area contributed by atoms with E-state index in [1.807, 2.05) is 30.5 Å². The van der Waals surface area contributed by atoms with Gasteiger partial charge in [-0.3, -0.25) is 19.2 Å². The van der Waals surface area contributed by atoms with Crippen molar-refractivity contribution in [2.45, 2.75) is 44.1 Å². The zero-order valence-electron chi connectivity index (χ0n) is 18.7. The number of carbonyl (C=O) groups is 4. The van der Waals surface area contributed by atoms with E-state index < -0.39 is 18.0 Å². The smallest absolute Gasteiger partial charge is 0.312 e. The Labute approximate surface area is 192 Å². The molecule has 2 fully saturated rings. The summed E-state index contributed by atoms with van der Waals surface area (Å²) in [5.41, 5.74) is 0.755. The normalized spacial score (nSPS) is 20.2. The number of hydrogen-bond donors (Lipinski definition) is 0. The molecular weight excluding hydrogens is 432 g/mol. The van der Waals surface area contributed by atoms with Crippen LogP contribution in [0, 0.1) is 11.8 Å². The van der Waals surface area contributed by atoms with Gasteiger partial charge in [-0.05, 0) is 51.1 Å². The second kappa shape index (κ2) is 10.8. The second-order valence-corrected chi connectivity index (χ2v) is 8.92. The number of esters is 2. The molecule has 2 heterocycles. The summed E-state index contributed by atoms with van der Waals surface area (Å²) in [6, 6.07) is 7.61. The van der Waals surface area contributed by atoms with Crippen molar-refractivity contribution in [3.8, 4) is 0 Å². The highest BCUT2D eigenvalue weighted by Gasteiger charge is 2.38. The summed E-state index contributed by atoms with van der Waals surface area (Å²) >= 11 is 1.58. The van der Waals surface area contributed by atoms with Crippen molar-refractivity contribution < 1.29 is 28.7 Å². The molecule has 9 heteroatoms. The summed E-state index contributed by atoms with van der Waals surface area (Å²) < 4.78 is 10.5. The van der Waals surface area contributed by atoms with Gasteiger partial charge in [0.2, 0.25) is 5.91 Å². The van der Waals surface area contributed by atoms with Gasteiger partial charge >= 0.3 is 11.9 Å². The molecule has 0 saturated carbocycles. The molecule has 0 unspecified atom stereocenters. The average molecular weight is 463 g/mol. The molecule has 0 bridgehead atoms. The van der Waals surface area contributed by atoms with Crippen molar-refractivity contribution in [1.29, 1.82) is 0 Å². The van der Waals surface area contributed by atoms with E-state index >= 15 is 0 Å². The van der Waals surface area contributed by atoms with Crippen molar-refractivity contribution in [2.75, 3.05) is 37.4 Å². The molecule has 3 rings (SSSR count). The Kier molecular flexibility index (Phi) is 8.17. The van der Waals surface area contributed by atoms with E-state index in [-0.39, 0.29) is 36.7 Å². The van der Waals surface area contributed by atoms with Crippen LogP contribution < -0.4 is 4.90 Å². The minimum atomic E-state index is -0.939. The predicted octanol–water partition coefficient (Wildman–Crippen LogP) is 2.49. The zero-order chi connectivity index (χ0) is 23.3. The molecule has 2 aliphatic heterocycles. The Hall–Kier alpha value is -2.55. The highest BCUT2D eigenvalue weighted by molar-refractivity contribution is 7.98. The standard InChI is InChI=1S/C23H30N2O6S/c1-4-30-22(28)16-8-10-24(11-9-16)21(27)15(2)31-23(29)17-12-20(26)25(14-17)18-6-5-7-19(13-18)32-3/h5-7,13,15-17H,4,8-12,14H2,1-3H3/t15-,17-/m1/s1.